The van der Waals surface area contributed by atoms with Crippen molar-refractivity contribution in [2.24, 2.45) is 5.92 Å². The Kier molecular flexibility index (Phi) is 4.70. The molecule has 2 aromatic heterocycles. The number of nitrogens with zero attached hydrogens (tertiary/aromatic N) is 3. The third kappa shape index (κ3) is 3.51. The zero-order chi connectivity index (χ0) is 16.9. The standard InChI is InChI=1S/C19H20N4O/c1-14(2)11-21-19(24)17-13-23(16-8-4-3-5-9-16)22-18(17)15-7-6-10-20-12-15/h3-10,12-14H,11H2,1-2H3,(H,21,24). The lowest BCUT2D eigenvalue weighted by Gasteiger charge is -2.07. The molecular weight excluding hydrogens is 300 g/mol. The first-order valence-electron chi connectivity index (χ1n) is 7.99. The minimum atomic E-state index is -0.121. The third-order valence-electron chi connectivity index (χ3n) is 3.59. The first-order chi connectivity index (χ1) is 11.6. The molecule has 0 aliphatic heterocycles. The number of carbonyl (C=O) groups is 1. The van der Waals surface area contributed by atoms with Gasteiger partial charge < -0.3 is 5.32 Å². The van der Waals surface area contributed by atoms with Gasteiger partial charge in [-0.3, -0.25) is 9.78 Å². The predicted molar refractivity (Wildman–Crippen MR) is 94.0 cm³/mol. The van der Waals surface area contributed by atoms with Gasteiger partial charge in [0.15, 0.2) is 0 Å². The molecule has 2 heterocycles. The van der Waals surface area contributed by atoms with E-state index in [0.29, 0.717) is 23.7 Å². The number of pyridine rings is 1. The number of nitrogens with one attached hydrogen (secondary N) is 1. The molecule has 1 aromatic carbocycles. The Morgan fingerprint density at radius 1 is 1.17 bits per heavy atom. The molecule has 3 rings (SSSR count). The Balaban J connectivity index is 2.02. The minimum Gasteiger partial charge on any atom is -0.352 e. The number of hydrogen-bond donors (Lipinski definition) is 1. The number of para-hydroxylation sites is 1. The van der Waals surface area contributed by atoms with Crippen molar-refractivity contribution < 1.29 is 4.79 Å². The second kappa shape index (κ2) is 7.08. The summed E-state index contributed by atoms with van der Waals surface area (Å²) in [5, 5.41) is 7.58. The van der Waals surface area contributed by atoms with Crippen LogP contribution in [0, 0.1) is 5.92 Å². The van der Waals surface area contributed by atoms with Crippen molar-refractivity contribution in [3.63, 3.8) is 0 Å². The molecule has 122 valence electrons. The van der Waals surface area contributed by atoms with Gasteiger partial charge in [0.05, 0.1) is 11.3 Å². The average molecular weight is 320 g/mol. The molecule has 0 saturated heterocycles. The van der Waals surface area contributed by atoms with Gasteiger partial charge >= 0.3 is 0 Å². The highest BCUT2D eigenvalue weighted by atomic mass is 16.1. The molecule has 0 aliphatic carbocycles. The molecule has 3 aromatic rings. The number of aromatic nitrogens is 3. The maximum absolute atomic E-state index is 12.6. The van der Waals surface area contributed by atoms with E-state index in [1.54, 1.807) is 23.3 Å². The lowest BCUT2D eigenvalue weighted by molar-refractivity contribution is 0.0949. The largest absolute Gasteiger partial charge is 0.352 e. The molecule has 1 amide bonds. The normalized spacial score (nSPS) is 10.8. The van der Waals surface area contributed by atoms with Crippen LogP contribution in [0.15, 0.2) is 61.1 Å². The highest BCUT2D eigenvalue weighted by Crippen LogP contribution is 2.23. The molecule has 0 saturated carbocycles. The third-order valence-corrected chi connectivity index (χ3v) is 3.59. The summed E-state index contributed by atoms with van der Waals surface area (Å²) in [6.07, 6.45) is 5.19. The van der Waals surface area contributed by atoms with E-state index in [4.69, 9.17) is 0 Å². The van der Waals surface area contributed by atoms with Crippen molar-refractivity contribution in [1.82, 2.24) is 20.1 Å². The van der Waals surface area contributed by atoms with E-state index in [0.717, 1.165) is 11.3 Å². The summed E-state index contributed by atoms with van der Waals surface area (Å²) < 4.78 is 1.73. The molecule has 0 bridgehead atoms. The number of rotatable bonds is 5. The summed E-state index contributed by atoms with van der Waals surface area (Å²) in [5.74, 6) is 0.268. The summed E-state index contributed by atoms with van der Waals surface area (Å²) in [6, 6.07) is 13.5. The summed E-state index contributed by atoms with van der Waals surface area (Å²) >= 11 is 0. The Morgan fingerprint density at radius 3 is 2.62 bits per heavy atom. The predicted octanol–water partition coefficient (Wildman–Crippen LogP) is 3.32. The van der Waals surface area contributed by atoms with Crippen LogP contribution in [0.4, 0.5) is 0 Å². The molecule has 1 N–H and O–H groups in total. The smallest absolute Gasteiger partial charge is 0.255 e. The van der Waals surface area contributed by atoms with Crippen molar-refractivity contribution in [2.75, 3.05) is 6.54 Å². The molecule has 5 nitrogen and oxygen atoms in total. The van der Waals surface area contributed by atoms with Gasteiger partial charge in [-0.2, -0.15) is 5.10 Å². The van der Waals surface area contributed by atoms with Crippen LogP contribution in [-0.2, 0) is 0 Å². The van der Waals surface area contributed by atoms with Crippen molar-refractivity contribution in [1.29, 1.82) is 0 Å². The summed E-state index contributed by atoms with van der Waals surface area (Å²) in [6.45, 7) is 4.76. The molecule has 0 radical (unpaired) electrons. The fourth-order valence-electron chi connectivity index (χ4n) is 2.36. The van der Waals surface area contributed by atoms with E-state index in [-0.39, 0.29) is 5.91 Å². The van der Waals surface area contributed by atoms with Crippen LogP contribution in [0.2, 0.25) is 0 Å². The van der Waals surface area contributed by atoms with Crippen LogP contribution < -0.4 is 5.32 Å². The molecule has 0 aliphatic rings. The average Bonchev–Trinajstić information content (AvgIpc) is 3.06. The fraction of sp³-hybridized carbons (Fsp3) is 0.211. The van der Waals surface area contributed by atoms with Gasteiger partial charge in [-0.25, -0.2) is 4.68 Å². The van der Waals surface area contributed by atoms with Crippen LogP contribution in [0.1, 0.15) is 24.2 Å². The molecular formula is C19H20N4O. The summed E-state index contributed by atoms with van der Waals surface area (Å²) in [7, 11) is 0. The Hall–Kier alpha value is -2.95. The van der Waals surface area contributed by atoms with Crippen LogP contribution in [-0.4, -0.2) is 27.2 Å². The topological polar surface area (TPSA) is 59.8 Å². The maximum atomic E-state index is 12.6. The Morgan fingerprint density at radius 2 is 1.96 bits per heavy atom. The second-order valence-electron chi connectivity index (χ2n) is 6.02. The van der Waals surface area contributed by atoms with Gasteiger partial charge in [-0.05, 0) is 30.2 Å². The molecule has 0 fully saturated rings. The van der Waals surface area contributed by atoms with E-state index in [1.807, 2.05) is 42.5 Å². The lowest BCUT2D eigenvalue weighted by Crippen LogP contribution is -2.27. The Bertz CT molecular complexity index is 810. The quantitative estimate of drug-likeness (QED) is 0.784. The summed E-state index contributed by atoms with van der Waals surface area (Å²) in [4.78, 5) is 16.7. The van der Waals surface area contributed by atoms with E-state index in [2.05, 4.69) is 29.2 Å². The van der Waals surface area contributed by atoms with Crippen molar-refractivity contribution in [3.8, 4) is 16.9 Å². The van der Waals surface area contributed by atoms with Gasteiger partial charge in [0.1, 0.15) is 5.69 Å². The fourth-order valence-corrected chi connectivity index (χ4v) is 2.36. The van der Waals surface area contributed by atoms with E-state index >= 15 is 0 Å². The van der Waals surface area contributed by atoms with Crippen molar-refractivity contribution in [3.05, 3.63) is 66.6 Å². The van der Waals surface area contributed by atoms with Crippen LogP contribution in [0.25, 0.3) is 16.9 Å². The first kappa shape index (κ1) is 15.9. The van der Waals surface area contributed by atoms with Crippen molar-refractivity contribution >= 4 is 5.91 Å². The maximum Gasteiger partial charge on any atom is 0.255 e. The second-order valence-corrected chi connectivity index (χ2v) is 6.02. The SMILES string of the molecule is CC(C)CNC(=O)c1cn(-c2ccccc2)nc1-c1cccnc1. The van der Waals surface area contributed by atoms with Gasteiger partial charge in [0.25, 0.3) is 5.91 Å². The first-order valence-corrected chi connectivity index (χ1v) is 7.99. The highest BCUT2D eigenvalue weighted by molar-refractivity contribution is 5.99. The van der Waals surface area contributed by atoms with Gasteiger partial charge in [-0.15, -0.1) is 0 Å². The molecule has 0 spiro atoms. The van der Waals surface area contributed by atoms with Crippen LogP contribution >= 0.6 is 0 Å². The van der Waals surface area contributed by atoms with E-state index in [1.165, 1.54) is 0 Å². The Labute approximate surface area is 141 Å². The summed E-state index contributed by atoms with van der Waals surface area (Å²) in [5.41, 5.74) is 2.91. The zero-order valence-electron chi connectivity index (χ0n) is 13.8. The van der Waals surface area contributed by atoms with E-state index in [9.17, 15) is 4.79 Å². The highest BCUT2D eigenvalue weighted by Gasteiger charge is 2.18. The zero-order valence-corrected chi connectivity index (χ0v) is 13.8. The van der Waals surface area contributed by atoms with E-state index < -0.39 is 0 Å². The van der Waals surface area contributed by atoms with Crippen molar-refractivity contribution in [2.45, 2.75) is 13.8 Å². The van der Waals surface area contributed by atoms with Gasteiger partial charge in [0, 0.05) is 30.7 Å². The molecule has 24 heavy (non-hydrogen) atoms. The van der Waals surface area contributed by atoms with Crippen LogP contribution in [0.3, 0.4) is 0 Å². The van der Waals surface area contributed by atoms with Gasteiger partial charge in [-0.1, -0.05) is 32.0 Å². The monoisotopic (exact) mass is 320 g/mol. The number of amides is 1. The minimum absolute atomic E-state index is 0.121. The molecule has 0 atom stereocenters. The van der Waals surface area contributed by atoms with Gasteiger partial charge in [0.2, 0.25) is 0 Å². The number of benzene rings is 1. The lowest BCUT2D eigenvalue weighted by atomic mass is 10.1. The molecule has 0 unspecified atom stereocenters. The van der Waals surface area contributed by atoms with Crippen LogP contribution in [0.5, 0.6) is 0 Å². The number of hydrogen-bond acceptors (Lipinski definition) is 3. The molecule has 5 heteroatoms. The number of carbonyl (C=O) groups excluding carboxylic acids is 1.